The maximum absolute atomic E-state index is 13.3. The molecule has 1 aliphatic heterocycles. The van der Waals surface area contributed by atoms with E-state index in [1.54, 1.807) is 24.3 Å². The van der Waals surface area contributed by atoms with Crippen molar-refractivity contribution >= 4 is 45.5 Å². The number of anilines is 1. The second-order valence-electron chi connectivity index (χ2n) is 8.86. The predicted octanol–water partition coefficient (Wildman–Crippen LogP) is 6.10. The summed E-state index contributed by atoms with van der Waals surface area (Å²) in [5.41, 5.74) is 4.75. The third kappa shape index (κ3) is 5.03. The van der Waals surface area contributed by atoms with Crippen molar-refractivity contribution in [3.05, 3.63) is 117 Å². The molecule has 0 unspecified atom stereocenters. The number of nitrogens with one attached hydrogen (secondary N) is 1. The molecule has 8 heteroatoms. The number of carbonyl (C=O) groups is 3. The molecule has 2 heterocycles. The SMILES string of the molecule is Cc1cc(/C=C2\C(=O)NC(=O)N(c3ccc(Br)cc3)C2=O)c(C)n1-c1ccc(OCc2ccccc2)cc1. The molecule has 0 bridgehead atoms. The van der Waals surface area contributed by atoms with Gasteiger partial charge in [-0.25, -0.2) is 9.69 Å². The van der Waals surface area contributed by atoms with Crippen LogP contribution >= 0.6 is 15.9 Å². The van der Waals surface area contributed by atoms with Crippen LogP contribution in [0.25, 0.3) is 11.8 Å². The number of nitrogens with zero attached hydrogens (tertiary/aromatic N) is 2. The van der Waals surface area contributed by atoms with Gasteiger partial charge in [0.15, 0.2) is 0 Å². The van der Waals surface area contributed by atoms with Crippen LogP contribution in [0.5, 0.6) is 5.75 Å². The number of benzene rings is 3. The van der Waals surface area contributed by atoms with E-state index in [9.17, 15) is 14.4 Å². The van der Waals surface area contributed by atoms with E-state index < -0.39 is 17.8 Å². The Morgan fingerprint density at radius 2 is 1.53 bits per heavy atom. The van der Waals surface area contributed by atoms with E-state index in [2.05, 4.69) is 21.2 Å². The van der Waals surface area contributed by atoms with E-state index in [1.165, 1.54) is 6.08 Å². The van der Waals surface area contributed by atoms with Crippen molar-refractivity contribution in [3.63, 3.8) is 0 Å². The molecule has 1 aromatic heterocycles. The molecule has 1 aliphatic rings. The van der Waals surface area contributed by atoms with Crippen molar-refractivity contribution in [1.82, 2.24) is 9.88 Å². The molecule has 0 aliphatic carbocycles. The highest BCUT2D eigenvalue weighted by atomic mass is 79.9. The molecule has 3 aromatic carbocycles. The van der Waals surface area contributed by atoms with Gasteiger partial charge in [0.05, 0.1) is 5.69 Å². The highest BCUT2D eigenvalue weighted by molar-refractivity contribution is 9.10. The minimum atomic E-state index is -0.778. The zero-order chi connectivity index (χ0) is 26.8. The van der Waals surface area contributed by atoms with Gasteiger partial charge in [-0.05, 0) is 85.6 Å². The van der Waals surface area contributed by atoms with Crippen molar-refractivity contribution in [2.45, 2.75) is 20.5 Å². The second-order valence-corrected chi connectivity index (χ2v) is 9.78. The van der Waals surface area contributed by atoms with Gasteiger partial charge in [-0.2, -0.15) is 0 Å². The Bertz CT molecular complexity index is 1560. The molecule has 0 saturated carbocycles. The Morgan fingerprint density at radius 3 is 2.21 bits per heavy atom. The van der Waals surface area contributed by atoms with Gasteiger partial charge >= 0.3 is 6.03 Å². The highest BCUT2D eigenvalue weighted by Crippen LogP contribution is 2.27. The number of aryl methyl sites for hydroxylation is 1. The van der Waals surface area contributed by atoms with Crippen LogP contribution in [-0.4, -0.2) is 22.4 Å². The summed E-state index contributed by atoms with van der Waals surface area (Å²) in [6.07, 6.45) is 1.53. The first-order valence-corrected chi connectivity index (χ1v) is 12.7. The summed E-state index contributed by atoms with van der Waals surface area (Å²) in [6.45, 7) is 4.35. The normalized spacial score (nSPS) is 14.7. The van der Waals surface area contributed by atoms with E-state index >= 15 is 0 Å². The van der Waals surface area contributed by atoms with E-state index in [-0.39, 0.29) is 5.57 Å². The van der Waals surface area contributed by atoms with Gasteiger partial charge in [0.25, 0.3) is 11.8 Å². The van der Waals surface area contributed by atoms with Crippen molar-refractivity contribution in [3.8, 4) is 11.4 Å². The minimum Gasteiger partial charge on any atom is -0.489 e. The van der Waals surface area contributed by atoms with Gasteiger partial charge in [0.2, 0.25) is 0 Å². The summed E-state index contributed by atoms with van der Waals surface area (Å²) < 4.78 is 8.74. The monoisotopic (exact) mass is 569 g/mol. The highest BCUT2D eigenvalue weighted by Gasteiger charge is 2.37. The molecular weight excluding hydrogens is 546 g/mol. The fourth-order valence-electron chi connectivity index (χ4n) is 4.40. The Kier molecular flexibility index (Phi) is 6.98. The molecule has 7 nitrogen and oxygen atoms in total. The van der Waals surface area contributed by atoms with Crippen molar-refractivity contribution in [2.24, 2.45) is 0 Å². The summed E-state index contributed by atoms with van der Waals surface area (Å²) >= 11 is 3.34. The summed E-state index contributed by atoms with van der Waals surface area (Å²) in [6, 6.07) is 25.5. The topological polar surface area (TPSA) is 80.6 Å². The van der Waals surface area contributed by atoms with Crippen molar-refractivity contribution in [1.29, 1.82) is 0 Å². The zero-order valence-electron chi connectivity index (χ0n) is 20.8. The first-order chi connectivity index (χ1) is 18.3. The summed E-state index contributed by atoms with van der Waals surface area (Å²) in [4.78, 5) is 39.4. The number of halogens is 1. The number of urea groups is 1. The quantitative estimate of drug-likeness (QED) is 0.224. The van der Waals surface area contributed by atoms with Crippen LogP contribution in [0.15, 0.2) is 95.0 Å². The van der Waals surface area contributed by atoms with Crippen LogP contribution in [-0.2, 0) is 16.2 Å². The third-order valence-corrected chi connectivity index (χ3v) is 6.83. The number of imide groups is 2. The van der Waals surface area contributed by atoms with Crippen LogP contribution in [0.2, 0.25) is 0 Å². The molecule has 1 saturated heterocycles. The molecule has 4 amide bonds. The molecule has 0 atom stereocenters. The summed E-state index contributed by atoms with van der Waals surface area (Å²) in [7, 11) is 0. The Hall–Kier alpha value is -4.43. The average Bonchev–Trinajstić information content (AvgIpc) is 3.19. The number of amides is 4. The number of ether oxygens (including phenoxy) is 1. The maximum atomic E-state index is 13.3. The fraction of sp³-hybridized carbons (Fsp3) is 0.100. The molecule has 38 heavy (non-hydrogen) atoms. The van der Waals surface area contributed by atoms with Gasteiger partial charge in [-0.15, -0.1) is 0 Å². The van der Waals surface area contributed by atoms with Gasteiger partial charge in [0.1, 0.15) is 17.9 Å². The Balaban J connectivity index is 1.40. The van der Waals surface area contributed by atoms with Crippen molar-refractivity contribution < 1.29 is 19.1 Å². The smallest absolute Gasteiger partial charge is 0.335 e. The minimum absolute atomic E-state index is 0.113. The van der Waals surface area contributed by atoms with Gasteiger partial charge in [-0.3, -0.25) is 14.9 Å². The second kappa shape index (κ2) is 10.5. The molecule has 0 radical (unpaired) electrons. The maximum Gasteiger partial charge on any atom is 0.335 e. The molecule has 1 fully saturated rings. The standard InChI is InChI=1S/C30H24BrN3O4/c1-19-16-22(17-27-28(35)32-30(37)34(29(27)36)25-10-8-23(31)9-11-25)20(2)33(19)24-12-14-26(15-13-24)38-18-21-6-4-3-5-7-21/h3-17H,18H2,1-2H3,(H,32,35,37)/b27-17+. The molecule has 0 spiro atoms. The lowest BCUT2D eigenvalue weighted by molar-refractivity contribution is -0.122. The summed E-state index contributed by atoms with van der Waals surface area (Å²) in [5.74, 6) is -0.645. The lowest BCUT2D eigenvalue weighted by Crippen LogP contribution is -2.54. The summed E-state index contributed by atoms with van der Waals surface area (Å²) in [5, 5.41) is 2.27. The van der Waals surface area contributed by atoms with Crippen LogP contribution in [0, 0.1) is 13.8 Å². The number of barbiturate groups is 1. The van der Waals surface area contributed by atoms with Gasteiger partial charge in [0, 0.05) is 21.5 Å². The lowest BCUT2D eigenvalue weighted by atomic mass is 10.1. The lowest BCUT2D eigenvalue weighted by Gasteiger charge is -2.26. The Morgan fingerprint density at radius 1 is 0.868 bits per heavy atom. The molecule has 4 aromatic rings. The van der Waals surface area contributed by atoms with Crippen molar-refractivity contribution in [2.75, 3.05) is 4.90 Å². The molecule has 190 valence electrons. The van der Waals surface area contributed by atoms with Crippen LogP contribution in [0.3, 0.4) is 0 Å². The zero-order valence-corrected chi connectivity index (χ0v) is 22.4. The number of hydrogen-bond acceptors (Lipinski definition) is 4. The molecule has 1 N–H and O–H groups in total. The largest absolute Gasteiger partial charge is 0.489 e. The fourth-order valence-corrected chi connectivity index (χ4v) is 4.67. The average molecular weight is 570 g/mol. The number of aromatic nitrogens is 1. The van der Waals surface area contributed by atoms with Crippen LogP contribution in [0.4, 0.5) is 10.5 Å². The third-order valence-electron chi connectivity index (χ3n) is 6.30. The molecular formula is C30H24BrN3O4. The molecule has 5 rings (SSSR count). The van der Waals surface area contributed by atoms with Crippen LogP contribution in [0.1, 0.15) is 22.5 Å². The first kappa shape index (κ1) is 25.2. The van der Waals surface area contributed by atoms with E-state index in [0.29, 0.717) is 17.9 Å². The number of rotatable bonds is 6. The predicted molar refractivity (Wildman–Crippen MR) is 149 cm³/mol. The number of carbonyl (C=O) groups excluding carboxylic acids is 3. The Labute approximate surface area is 228 Å². The number of hydrogen-bond donors (Lipinski definition) is 1. The van der Waals surface area contributed by atoms with E-state index in [4.69, 9.17) is 4.74 Å². The first-order valence-electron chi connectivity index (χ1n) is 11.9. The van der Waals surface area contributed by atoms with Gasteiger partial charge < -0.3 is 9.30 Å². The van der Waals surface area contributed by atoms with E-state index in [1.807, 2.05) is 79.1 Å². The van der Waals surface area contributed by atoms with Crippen LogP contribution < -0.4 is 15.0 Å². The van der Waals surface area contributed by atoms with E-state index in [0.717, 1.165) is 37.8 Å². The van der Waals surface area contributed by atoms with Gasteiger partial charge in [-0.1, -0.05) is 46.3 Å².